The van der Waals surface area contributed by atoms with Crippen LogP contribution in [0.5, 0.6) is 0 Å². The summed E-state index contributed by atoms with van der Waals surface area (Å²) in [5.41, 5.74) is 8.96. The van der Waals surface area contributed by atoms with Crippen LogP contribution in [0.25, 0.3) is 0 Å². The molecular weight excluding hydrogens is 1150 g/mol. The average Bonchev–Trinajstić information content (AvgIpc) is 1.21. The van der Waals surface area contributed by atoms with E-state index < -0.39 is 0 Å². The molecule has 2 aliphatic carbocycles. The zero-order valence-electron chi connectivity index (χ0n) is 65.6. The second-order valence-corrected chi connectivity index (χ2v) is 38.1. The summed E-state index contributed by atoms with van der Waals surface area (Å²) in [6.45, 7) is 90.8. The van der Waals surface area contributed by atoms with Gasteiger partial charge in [-0.15, -0.1) is 0 Å². The topological polar surface area (TPSA) is 108 Å². The number of piperidine rings is 1. The fourth-order valence-electron chi connectivity index (χ4n) is 16.3. The van der Waals surface area contributed by atoms with E-state index in [1.165, 1.54) is 179 Å². The molecule has 11 aliphatic rings. The van der Waals surface area contributed by atoms with Crippen molar-refractivity contribution in [3.8, 4) is 0 Å². The Morgan fingerprint density at radius 1 is 0.516 bits per heavy atom. The predicted molar refractivity (Wildman–Crippen MR) is 398 cm³/mol. The van der Waals surface area contributed by atoms with Crippen molar-refractivity contribution in [1.29, 1.82) is 0 Å². The normalized spacial score (nSPS) is 25.3. The zero-order chi connectivity index (χ0) is 70.3. The van der Waals surface area contributed by atoms with Crippen LogP contribution in [0.2, 0.25) is 0 Å². The van der Waals surface area contributed by atoms with Crippen molar-refractivity contribution in [2.45, 2.75) is 308 Å². The minimum absolute atomic E-state index is 0.101. The van der Waals surface area contributed by atoms with Gasteiger partial charge >= 0.3 is 0 Å². The van der Waals surface area contributed by atoms with Gasteiger partial charge in [0.25, 0.3) is 0 Å². The smallest absolute Gasteiger partial charge is 0.217 e. The van der Waals surface area contributed by atoms with Gasteiger partial charge < -0.3 is 40.9 Å². The molecule has 9 aliphatic heterocycles. The lowest BCUT2D eigenvalue weighted by Gasteiger charge is -2.64. The first-order valence-electron chi connectivity index (χ1n) is 37.2. The summed E-state index contributed by atoms with van der Waals surface area (Å²) < 4.78 is 0. The molecule has 0 aromatic heterocycles. The third-order valence-corrected chi connectivity index (χ3v) is 22.1. The molecule has 14 nitrogen and oxygen atoms in total. The molecule has 93 heavy (non-hydrogen) atoms. The first-order chi connectivity index (χ1) is 42.5. The van der Waals surface area contributed by atoms with Crippen LogP contribution in [0.3, 0.4) is 0 Å². The SMILES string of the molecule is C=C(C)N1CC(CC(C)(C)C)C1.C=C(C)N1CC2(C1)CN(C(C)(C)C)C2.C=C(C)N1CC2(CC(NC(C)(C)C)C2)C1.C=C1CCC2(CCN(C(C)C)CC2)N1.CC(=O)NC1CC2(C1)CN(C(C)C)C2.CC(=O)NC1CCCN(C(C)(C)C)CC1.CC1CN(C(C)(C)C)C1. The summed E-state index contributed by atoms with van der Waals surface area (Å²) in [6, 6.07) is 2.98. The number of amides is 2. The molecule has 9 heterocycles. The molecule has 11 fully saturated rings. The van der Waals surface area contributed by atoms with Gasteiger partial charge in [0.15, 0.2) is 0 Å². The van der Waals surface area contributed by atoms with Gasteiger partial charge in [-0.1, -0.05) is 54.0 Å². The third-order valence-electron chi connectivity index (χ3n) is 22.1. The van der Waals surface area contributed by atoms with E-state index in [2.05, 4.69) is 246 Å². The highest BCUT2D eigenvalue weighted by Gasteiger charge is 2.55. The van der Waals surface area contributed by atoms with Crippen LogP contribution in [0, 0.1) is 33.5 Å². The summed E-state index contributed by atoms with van der Waals surface area (Å²) in [5, 5.41) is 13.3. The van der Waals surface area contributed by atoms with Gasteiger partial charge in [-0.3, -0.25) is 29.2 Å². The molecule has 538 valence electrons. The summed E-state index contributed by atoms with van der Waals surface area (Å²) in [6.07, 6.45) is 14.9. The summed E-state index contributed by atoms with van der Waals surface area (Å²) in [7, 11) is 0. The number of nitrogens with zero attached hydrogens (tertiary/aromatic N) is 8. The first-order valence-corrected chi connectivity index (χ1v) is 37.2. The van der Waals surface area contributed by atoms with Crippen molar-refractivity contribution in [2.75, 3.05) is 105 Å². The molecule has 1 atom stereocenters. The van der Waals surface area contributed by atoms with Crippen molar-refractivity contribution in [2.24, 2.45) is 33.5 Å². The van der Waals surface area contributed by atoms with Crippen LogP contribution in [-0.2, 0) is 9.59 Å². The van der Waals surface area contributed by atoms with E-state index in [4.69, 9.17) is 0 Å². The Labute approximate surface area is 574 Å². The van der Waals surface area contributed by atoms with E-state index in [-0.39, 0.29) is 22.9 Å². The molecule has 0 bridgehead atoms. The van der Waals surface area contributed by atoms with Crippen molar-refractivity contribution in [3.63, 3.8) is 0 Å². The van der Waals surface area contributed by atoms with Crippen molar-refractivity contribution >= 4 is 11.8 Å². The molecule has 0 aromatic rings. The van der Waals surface area contributed by atoms with Crippen LogP contribution in [0.15, 0.2) is 49.1 Å². The maximum Gasteiger partial charge on any atom is 0.217 e. The Morgan fingerprint density at radius 2 is 0.957 bits per heavy atom. The molecule has 0 aromatic carbocycles. The van der Waals surface area contributed by atoms with Gasteiger partial charge in [-0.05, 0) is 238 Å². The quantitative estimate of drug-likeness (QED) is 0.177. The molecule has 9 saturated heterocycles. The maximum atomic E-state index is 11.0. The van der Waals surface area contributed by atoms with Crippen LogP contribution >= 0.6 is 0 Å². The maximum absolute atomic E-state index is 11.0. The molecule has 11 rings (SSSR count). The predicted octanol–water partition coefficient (Wildman–Crippen LogP) is 13.8. The molecule has 1 unspecified atom stereocenters. The van der Waals surface area contributed by atoms with E-state index in [0.717, 1.165) is 43.8 Å². The Kier molecular flexibility index (Phi) is 27.9. The fraction of sp³-hybridized carbons (Fsp3) is 0.873. The second-order valence-electron chi connectivity index (χ2n) is 38.1. The number of likely N-dealkylation sites (tertiary alicyclic amines) is 8. The number of allylic oxidation sites excluding steroid dienone is 4. The number of hydrogen-bond acceptors (Lipinski definition) is 12. The highest BCUT2D eigenvalue weighted by atomic mass is 16.2. The Bertz CT molecular complexity index is 2390. The lowest BCUT2D eigenvalue weighted by Crippen LogP contribution is -2.74. The lowest BCUT2D eigenvalue weighted by molar-refractivity contribution is -0.133. The Hall–Kier alpha value is -3.14. The summed E-state index contributed by atoms with van der Waals surface area (Å²) >= 11 is 0. The second kappa shape index (κ2) is 32.2. The summed E-state index contributed by atoms with van der Waals surface area (Å²) in [4.78, 5) is 41.6. The largest absolute Gasteiger partial charge is 0.383 e. The minimum Gasteiger partial charge on any atom is -0.383 e. The van der Waals surface area contributed by atoms with Crippen LogP contribution in [-0.4, -0.2) is 214 Å². The average molecular weight is 1300 g/mol. The van der Waals surface area contributed by atoms with Gasteiger partial charge in [-0.25, -0.2) is 0 Å². The van der Waals surface area contributed by atoms with Gasteiger partial charge in [0.1, 0.15) is 0 Å². The van der Waals surface area contributed by atoms with Crippen molar-refractivity contribution in [3.05, 3.63) is 49.1 Å². The van der Waals surface area contributed by atoms with E-state index in [9.17, 15) is 9.59 Å². The Balaban J connectivity index is 0.000000198. The highest BCUT2D eigenvalue weighted by molar-refractivity contribution is 5.73. The molecule has 4 N–H and O–H groups in total. The van der Waals surface area contributed by atoms with E-state index in [1.54, 1.807) is 13.8 Å². The number of rotatable bonds is 9. The van der Waals surface area contributed by atoms with Crippen LogP contribution < -0.4 is 21.3 Å². The van der Waals surface area contributed by atoms with Gasteiger partial charge in [0, 0.05) is 204 Å². The van der Waals surface area contributed by atoms with E-state index >= 15 is 0 Å². The third kappa shape index (κ3) is 25.3. The van der Waals surface area contributed by atoms with Gasteiger partial charge in [-0.2, -0.15) is 0 Å². The molecule has 2 amide bonds. The first kappa shape index (κ1) is 80.5. The zero-order valence-corrected chi connectivity index (χ0v) is 65.6. The summed E-state index contributed by atoms with van der Waals surface area (Å²) in [5.74, 6) is 2.06. The molecule has 0 radical (unpaired) electrons. The number of hydrogen-bond donors (Lipinski definition) is 4. The minimum atomic E-state index is 0.101. The van der Waals surface area contributed by atoms with Crippen molar-refractivity contribution < 1.29 is 9.59 Å². The Morgan fingerprint density at radius 3 is 1.33 bits per heavy atom. The number of carbonyl (C=O) groups is 2. The van der Waals surface area contributed by atoms with E-state index in [1.807, 2.05) is 0 Å². The van der Waals surface area contributed by atoms with Gasteiger partial charge in [0.2, 0.25) is 11.8 Å². The van der Waals surface area contributed by atoms with Crippen molar-refractivity contribution in [1.82, 2.24) is 60.5 Å². The lowest BCUT2D eigenvalue weighted by atomic mass is 9.60. The van der Waals surface area contributed by atoms with Crippen LogP contribution in [0.4, 0.5) is 0 Å². The molecule has 14 heteroatoms. The molecule has 4 spiro atoms. The van der Waals surface area contributed by atoms with Gasteiger partial charge in [0.05, 0.1) is 0 Å². The molecule has 2 saturated carbocycles. The molecular formula is C79H150N12O2. The number of carbonyl (C=O) groups excluding carboxylic acids is 2. The standard InChI is InChI=1S/C13H24N2.C12H24N2O.2C12H22N2.C11H20N2O.C11H21N.C8H17N/c1-10(2)15-8-13(9-15)6-11(7-13)14-12(3,4)5;1-10(15)13-11-6-5-8-14(9-7-11)12(2,3)4;1-10(2)13-6-12(7-13)8-14(9-12)11(3,4)5;1-10(2)14-8-6-12(7-9-14)5-4-11(3)13-12;1-8(2)13-6-11(7-13)4-10(5-11)12-9(3)14;1-9(2)12-7-10(8-12)6-11(3,4)5;1-7-5-9(6-7)8(2,3)4/h11,14H,1,6-9H2,2-5H3;11H,5-9H2,1-4H3,(H,13,15);1,6-9H2,2-5H3;10,13H,3-9H2,1-2H3;8,10H,4-7H2,1-3H3,(H,12,14);10H,1,6-8H2,2-5H3;7H,5-6H2,1-4H3. The highest BCUT2D eigenvalue weighted by Crippen LogP contribution is 2.51. The van der Waals surface area contributed by atoms with Crippen LogP contribution in [0.1, 0.15) is 250 Å². The monoisotopic (exact) mass is 1300 g/mol. The van der Waals surface area contributed by atoms with E-state index in [0.29, 0.717) is 62.4 Å². The fourth-order valence-corrected chi connectivity index (χ4v) is 16.3. The number of nitrogens with one attached hydrogen (secondary N) is 4.